The number of benzene rings is 2. The largest absolute Gasteiger partial charge is 0.495 e. The molecule has 0 saturated carbocycles. The third kappa shape index (κ3) is 7.60. The molecule has 0 aliphatic heterocycles. The van der Waals surface area contributed by atoms with E-state index in [9.17, 15) is 18.0 Å². The summed E-state index contributed by atoms with van der Waals surface area (Å²) in [4.78, 5) is 28.1. The van der Waals surface area contributed by atoms with Gasteiger partial charge in [0.25, 0.3) is 0 Å². The summed E-state index contributed by atoms with van der Waals surface area (Å²) < 4.78 is 31.8. The Kier molecular flexibility index (Phi) is 10.4. The van der Waals surface area contributed by atoms with Crippen molar-refractivity contribution in [1.82, 2.24) is 10.2 Å². The van der Waals surface area contributed by atoms with E-state index in [4.69, 9.17) is 16.3 Å². The molecule has 35 heavy (non-hydrogen) atoms. The predicted octanol–water partition coefficient (Wildman–Crippen LogP) is 3.76. The Morgan fingerprint density at radius 2 is 1.83 bits per heavy atom. The number of hydrogen-bond acceptors (Lipinski definition) is 5. The molecule has 1 N–H and O–H groups in total. The van der Waals surface area contributed by atoms with E-state index in [-0.39, 0.29) is 23.9 Å². The highest BCUT2D eigenvalue weighted by Gasteiger charge is 2.32. The van der Waals surface area contributed by atoms with Crippen molar-refractivity contribution < 1.29 is 22.7 Å². The Bertz CT molecular complexity index is 1140. The molecule has 0 heterocycles. The highest BCUT2D eigenvalue weighted by Crippen LogP contribution is 2.33. The molecule has 8 nitrogen and oxygen atoms in total. The minimum Gasteiger partial charge on any atom is -0.495 e. The van der Waals surface area contributed by atoms with Crippen LogP contribution in [0.25, 0.3) is 0 Å². The van der Waals surface area contributed by atoms with Crippen molar-refractivity contribution in [1.29, 1.82) is 0 Å². The van der Waals surface area contributed by atoms with E-state index in [0.717, 1.165) is 28.1 Å². The molecule has 0 aromatic heterocycles. The number of halogens is 1. The number of anilines is 1. The van der Waals surface area contributed by atoms with Gasteiger partial charge in [0.1, 0.15) is 18.3 Å². The average Bonchev–Trinajstić information content (AvgIpc) is 2.81. The molecule has 2 amide bonds. The molecule has 192 valence electrons. The molecule has 2 aromatic carbocycles. The number of nitrogens with zero attached hydrogens (tertiary/aromatic N) is 2. The summed E-state index contributed by atoms with van der Waals surface area (Å²) in [7, 11) is -2.49. The minimum absolute atomic E-state index is 0.148. The van der Waals surface area contributed by atoms with Gasteiger partial charge in [0.15, 0.2) is 0 Å². The van der Waals surface area contributed by atoms with Crippen molar-refractivity contribution in [3.05, 3.63) is 58.6 Å². The molecule has 0 fully saturated rings. The second-order valence-electron chi connectivity index (χ2n) is 8.25. The van der Waals surface area contributed by atoms with Gasteiger partial charge in [0.05, 0.1) is 19.1 Å². The van der Waals surface area contributed by atoms with Gasteiger partial charge in [-0.15, -0.1) is 0 Å². The SMILES string of the molecule is CCCNC(=O)C(CC)N(Cc1ccccc1C)C(=O)CN(c1cc(Cl)ccc1OC)S(C)(=O)=O. The van der Waals surface area contributed by atoms with Crippen molar-refractivity contribution in [2.75, 3.05) is 30.8 Å². The van der Waals surface area contributed by atoms with Crippen LogP contribution in [0, 0.1) is 6.92 Å². The van der Waals surface area contributed by atoms with Crippen molar-refractivity contribution in [3.8, 4) is 5.75 Å². The van der Waals surface area contributed by atoms with Gasteiger partial charge in [-0.2, -0.15) is 0 Å². The van der Waals surface area contributed by atoms with Gasteiger partial charge in [0, 0.05) is 18.1 Å². The Balaban J connectivity index is 2.51. The van der Waals surface area contributed by atoms with E-state index < -0.39 is 28.5 Å². The fourth-order valence-electron chi connectivity index (χ4n) is 3.71. The zero-order valence-corrected chi connectivity index (χ0v) is 22.4. The van der Waals surface area contributed by atoms with E-state index in [1.54, 1.807) is 12.1 Å². The van der Waals surface area contributed by atoms with Crippen molar-refractivity contribution >= 4 is 39.1 Å². The lowest BCUT2D eigenvalue weighted by Gasteiger charge is -2.33. The molecule has 0 radical (unpaired) electrons. The van der Waals surface area contributed by atoms with Crippen LogP contribution in [0.4, 0.5) is 5.69 Å². The highest BCUT2D eigenvalue weighted by atomic mass is 35.5. The smallest absolute Gasteiger partial charge is 0.244 e. The summed E-state index contributed by atoms with van der Waals surface area (Å²) >= 11 is 6.13. The third-order valence-electron chi connectivity index (χ3n) is 5.63. The monoisotopic (exact) mass is 523 g/mol. The zero-order valence-electron chi connectivity index (χ0n) is 20.9. The predicted molar refractivity (Wildman–Crippen MR) is 139 cm³/mol. The lowest BCUT2D eigenvalue weighted by atomic mass is 10.1. The molecule has 10 heteroatoms. The lowest BCUT2D eigenvalue weighted by Crippen LogP contribution is -2.52. The molecule has 2 rings (SSSR count). The quantitative estimate of drug-likeness (QED) is 0.457. The first-order valence-electron chi connectivity index (χ1n) is 11.5. The van der Waals surface area contributed by atoms with Crippen LogP contribution >= 0.6 is 11.6 Å². The topological polar surface area (TPSA) is 96.0 Å². The van der Waals surface area contributed by atoms with Crippen LogP contribution in [0.3, 0.4) is 0 Å². The summed E-state index contributed by atoms with van der Waals surface area (Å²) in [5, 5.41) is 3.15. The van der Waals surface area contributed by atoms with Crippen LogP contribution in [-0.4, -0.2) is 57.6 Å². The number of carbonyl (C=O) groups is 2. The summed E-state index contributed by atoms with van der Waals surface area (Å²) in [6.07, 6.45) is 2.13. The van der Waals surface area contributed by atoms with Gasteiger partial charge in [-0.3, -0.25) is 13.9 Å². The molecule has 0 bridgehead atoms. The first kappa shape index (κ1) is 28.5. The summed E-state index contributed by atoms with van der Waals surface area (Å²) in [5.74, 6) is -0.535. The number of nitrogens with one attached hydrogen (secondary N) is 1. The zero-order chi connectivity index (χ0) is 26.2. The second-order valence-corrected chi connectivity index (χ2v) is 10.6. The number of ether oxygens (including phenoxy) is 1. The van der Waals surface area contributed by atoms with Crippen molar-refractivity contribution in [2.24, 2.45) is 0 Å². The molecule has 1 unspecified atom stereocenters. The summed E-state index contributed by atoms with van der Waals surface area (Å²) in [6, 6.07) is 11.4. The van der Waals surface area contributed by atoms with Crippen molar-refractivity contribution in [2.45, 2.75) is 46.2 Å². The third-order valence-corrected chi connectivity index (χ3v) is 6.99. The number of methoxy groups -OCH3 is 1. The summed E-state index contributed by atoms with van der Waals surface area (Å²) in [5.41, 5.74) is 1.98. The maximum Gasteiger partial charge on any atom is 0.244 e. The number of rotatable bonds is 12. The molecule has 0 spiro atoms. The Morgan fingerprint density at radius 1 is 1.14 bits per heavy atom. The van der Waals surface area contributed by atoms with Gasteiger partial charge in [0.2, 0.25) is 21.8 Å². The maximum absolute atomic E-state index is 13.7. The minimum atomic E-state index is -3.90. The summed E-state index contributed by atoms with van der Waals surface area (Å²) in [6.45, 7) is 5.82. The second kappa shape index (κ2) is 12.8. The Morgan fingerprint density at radius 3 is 2.40 bits per heavy atom. The van der Waals surface area contributed by atoms with E-state index in [1.165, 1.54) is 18.1 Å². The standard InChI is InChI=1S/C25H34ClN3O5S/c1-6-14-27-25(31)21(7-2)28(16-19-11-9-8-10-18(19)3)24(30)17-29(35(5,32)33)22-15-20(26)12-13-23(22)34-4/h8-13,15,21H,6-7,14,16-17H2,1-5H3,(H,27,31). The number of hydrogen-bond donors (Lipinski definition) is 1. The number of amides is 2. The van der Waals surface area contributed by atoms with Gasteiger partial charge in [-0.05, 0) is 49.1 Å². The number of carbonyl (C=O) groups excluding carboxylic acids is 2. The Hall–Kier alpha value is -2.78. The fraction of sp³-hybridized carbons (Fsp3) is 0.440. The van der Waals surface area contributed by atoms with Crippen molar-refractivity contribution in [3.63, 3.8) is 0 Å². The van der Waals surface area contributed by atoms with Crippen LogP contribution < -0.4 is 14.4 Å². The normalized spacial score (nSPS) is 12.1. The first-order chi connectivity index (χ1) is 16.5. The van der Waals surface area contributed by atoms with E-state index in [0.29, 0.717) is 18.0 Å². The van der Waals surface area contributed by atoms with E-state index >= 15 is 0 Å². The van der Waals surface area contributed by atoms with Gasteiger partial charge in [-0.1, -0.05) is 49.7 Å². The first-order valence-corrected chi connectivity index (χ1v) is 13.7. The molecule has 0 aliphatic rings. The average molecular weight is 524 g/mol. The van der Waals surface area contributed by atoms with Gasteiger partial charge in [-0.25, -0.2) is 8.42 Å². The van der Waals surface area contributed by atoms with Gasteiger partial charge < -0.3 is 15.0 Å². The molecule has 0 saturated heterocycles. The Labute approximate surface area is 213 Å². The van der Waals surface area contributed by atoms with Crippen LogP contribution in [0.2, 0.25) is 5.02 Å². The molecule has 2 aromatic rings. The number of sulfonamides is 1. The maximum atomic E-state index is 13.7. The van der Waals surface area contributed by atoms with Crippen LogP contribution in [0.1, 0.15) is 37.8 Å². The molecular weight excluding hydrogens is 490 g/mol. The van der Waals surface area contributed by atoms with Crippen LogP contribution in [0.5, 0.6) is 5.75 Å². The lowest BCUT2D eigenvalue weighted by molar-refractivity contribution is -0.140. The molecule has 1 atom stereocenters. The van der Waals surface area contributed by atoms with Crippen LogP contribution in [-0.2, 0) is 26.2 Å². The van der Waals surface area contributed by atoms with Crippen LogP contribution in [0.15, 0.2) is 42.5 Å². The van der Waals surface area contributed by atoms with Gasteiger partial charge >= 0.3 is 0 Å². The number of aryl methyl sites for hydroxylation is 1. The highest BCUT2D eigenvalue weighted by molar-refractivity contribution is 7.92. The van der Waals surface area contributed by atoms with E-state index in [1.807, 2.05) is 45.0 Å². The molecule has 0 aliphatic carbocycles. The molecular formula is C25H34ClN3O5S. The fourth-order valence-corrected chi connectivity index (χ4v) is 4.72. The van der Waals surface area contributed by atoms with E-state index in [2.05, 4.69) is 5.32 Å².